The van der Waals surface area contributed by atoms with E-state index in [4.69, 9.17) is 4.52 Å². The van der Waals surface area contributed by atoms with E-state index < -0.39 is 8.25 Å². The van der Waals surface area contributed by atoms with Gasteiger partial charge in [-0.2, -0.15) is 0 Å². The van der Waals surface area contributed by atoms with Crippen molar-refractivity contribution in [2.24, 2.45) is 0 Å². The molecule has 0 bridgehead atoms. The summed E-state index contributed by atoms with van der Waals surface area (Å²) < 4.78 is 15.6. The smallest absolute Gasteiger partial charge is 0.558 e. The van der Waals surface area contributed by atoms with Gasteiger partial charge in [-0.1, -0.05) is 53.7 Å². The summed E-state index contributed by atoms with van der Waals surface area (Å²) in [6, 6.07) is 5.70. The molecule has 0 aromatic heterocycles. The molecule has 1 aromatic rings. The summed E-state index contributed by atoms with van der Waals surface area (Å²) >= 11 is 0. The molecule has 3 nitrogen and oxygen atoms in total. The Morgan fingerprint density at radius 1 is 1.05 bits per heavy atom. The van der Waals surface area contributed by atoms with Crippen LogP contribution in [0.2, 0.25) is 0 Å². The molecule has 5 heteroatoms. The summed E-state index contributed by atoms with van der Waals surface area (Å²) in [5, 5.41) is 0. The standard InChI is InChI=1S/C14H21O3P.Na/c1-13(2,3)10-7-8-12(17-18(15)16)11(9-10)14(4,5)6;/h7-9H,1-6H3;/q;+1. The second-order valence-corrected chi connectivity index (χ2v) is 7.16. The molecule has 19 heavy (non-hydrogen) atoms. The molecule has 1 unspecified atom stereocenters. The molecule has 0 aliphatic heterocycles. The summed E-state index contributed by atoms with van der Waals surface area (Å²) in [6.07, 6.45) is 0. The molecular weight excluding hydrogens is 270 g/mol. The quantitative estimate of drug-likeness (QED) is 0.595. The van der Waals surface area contributed by atoms with Gasteiger partial charge in [-0.05, 0) is 27.0 Å². The molecule has 1 atom stereocenters. The minimum Gasteiger partial charge on any atom is -0.558 e. The van der Waals surface area contributed by atoms with E-state index in [1.54, 1.807) is 6.07 Å². The van der Waals surface area contributed by atoms with Crippen LogP contribution in [0.4, 0.5) is 0 Å². The van der Waals surface area contributed by atoms with Crippen molar-refractivity contribution in [2.75, 3.05) is 0 Å². The first-order valence-corrected chi connectivity index (χ1v) is 7.09. The molecule has 1 aromatic carbocycles. The SMILES string of the molecule is CC(C)(C)c1ccc(O[P+](=O)[O-])c(C(C)(C)C)c1.[Na+]. The van der Waals surface area contributed by atoms with Crippen LogP contribution in [0, 0.1) is 0 Å². The van der Waals surface area contributed by atoms with Crippen molar-refractivity contribution >= 4 is 8.25 Å². The van der Waals surface area contributed by atoms with Gasteiger partial charge in [0.2, 0.25) is 0 Å². The summed E-state index contributed by atoms with van der Waals surface area (Å²) in [5.74, 6) is 0.423. The summed E-state index contributed by atoms with van der Waals surface area (Å²) in [5.41, 5.74) is 1.94. The van der Waals surface area contributed by atoms with Crippen molar-refractivity contribution in [3.63, 3.8) is 0 Å². The Kier molecular flexibility index (Phi) is 6.72. The zero-order valence-corrected chi connectivity index (χ0v) is 15.8. The van der Waals surface area contributed by atoms with Crippen LogP contribution in [-0.2, 0) is 15.4 Å². The van der Waals surface area contributed by atoms with E-state index in [1.165, 1.54) is 5.56 Å². The Bertz CT molecular complexity index is 459. The van der Waals surface area contributed by atoms with Crippen LogP contribution in [0.5, 0.6) is 5.75 Å². The van der Waals surface area contributed by atoms with Crippen LogP contribution in [-0.4, -0.2) is 0 Å². The monoisotopic (exact) mass is 291 g/mol. The fourth-order valence-corrected chi connectivity index (χ4v) is 2.06. The maximum atomic E-state index is 10.7. The first kappa shape index (κ1) is 19.1. The number of benzene rings is 1. The van der Waals surface area contributed by atoms with Gasteiger partial charge in [0.1, 0.15) is 0 Å². The maximum Gasteiger partial charge on any atom is 1.00 e. The molecule has 0 heterocycles. The zero-order chi connectivity index (χ0) is 14.1. The molecule has 0 amide bonds. The third kappa shape index (κ3) is 5.53. The van der Waals surface area contributed by atoms with Crippen molar-refractivity contribution in [1.29, 1.82) is 0 Å². The van der Waals surface area contributed by atoms with E-state index >= 15 is 0 Å². The van der Waals surface area contributed by atoms with Crippen molar-refractivity contribution in [2.45, 2.75) is 52.4 Å². The largest absolute Gasteiger partial charge is 1.00 e. The van der Waals surface area contributed by atoms with Crippen molar-refractivity contribution in [1.82, 2.24) is 0 Å². The predicted molar refractivity (Wildman–Crippen MR) is 72.1 cm³/mol. The average Bonchev–Trinajstić information content (AvgIpc) is 2.13. The average molecular weight is 291 g/mol. The van der Waals surface area contributed by atoms with Gasteiger partial charge in [0.15, 0.2) is 5.75 Å². The number of hydrogen-bond donors (Lipinski definition) is 0. The van der Waals surface area contributed by atoms with Gasteiger partial charge in [-0.3, -0.25) is 4.52 Å². The molecule has 0 aliphatic carbocycles. The van der Waals surface area contributed by atoms with Crippen LogP contribution >= 0.6 is 8.25 Å². The molecular formula is C14H21NaO3P+. The minimum absolute atomic E-state index is 0. The molecule has 100 valence electrons. The van der Waals surface area contributed by atoms with Gasteiger partial charge in [-0.25, -0.2) is 0 Å². The van der Waals surface area contributed by atoms with Crippen LogP contribution < -0.4 is 39.0 Å². The van der Waals surface area contributed by atoms with Crippen molar-refractivity contribution < 1.29 is 43.5 Å². The summed E-state index contributed by atoms with van der Waals surface area (Å²) in [4.78, 5) is 10.7. The fourth-order valence-electron chi connectivity index (χ4n) is 1.74. The van der Waals surface area contributed by atoms with E-state index in [9.17, 15) is 9.46 Å². The zero-order valence-electron chi connectivity index (χ0n) is 12.9. The first-order valence-electron chi connectivity index (χ1n) is 5.99. The molecule has 1 rings (SSSR count). The van der Waals surface area contributed by atoms with Gasteiger partial charge in [0, 0.05) is 5.56 Å². The minimum atomic E-state index is -2.88. The molecule has 0 aliphatic rings. The van der Waals surface area contributed by atoms with E-state index in [0.717, 1.165) is 5.56 Å². The van der Waals surface area contributed by atoms with E-state index in [-0.39, 0.29) is 40.4 Å². The topological polar surface area (TPSA) is 49.4 Å². The normalized spacial score (nSPS) is 12.7. The van der Waals surface area contributed by atoms with Crippen LogP contribution in [0.25, 0.3) is 0 Å². The summed E-state index contributed by atoms with van der Waals surface area (Å²) in [6.45, 7) is 12.5. The molecule has 0 spiro atoms. The Hall–Kier alpha value is 0.0800. The van der Waals surface area contributed by atoms with Crippen LogP contribution in [0.1, 0.15) is 52.7 Å². The van der Waals surface area contributed by atoms with Crippen LogP contribution in [0.15, 0.2) is 18.2 Å². The van der Waals surface area contributed by atoms with Gasteiger partial charge >= 0.3 is 37.8 Å². The first-order chi connectivity index (χ1) is 8.01. The molecule has 0 radical (unpaired) electrons. The number of hydrogen-bond acceptors (Lipinski definition) is 3. The number of rotatable bonds is 2. The second-order valence-electron chi connectivity index (χ2n) is 6.53. The Labute approximate surface area is 139 Å². The maximum absolute atomic E-state index is 10.7. The second kappa shape index (κ2) is 6.69. The Morgan fingerprint density at radius 3 is 1.95 bits per heavy atom. The third-order valence-corrected chi connectivity index (χ3v) is 3.17. The van der Waals surface area contributed by atoms with Crippen molar-refractivity contribution in [3.8, 4) is 5.75 Å². The summed E-state index contributed by atoms with van der Waals surface area (Å²) in [7, 11) is -2.88. The van der Waals surface area contributed by atoms with Gasteiger partial charge in [0.25, 0.3) is 0 Å². The van der Waals surface area contributed by atoms with Gasteiger partial charge in [-0.15, -0.1) is 0 Å². The van der Waals surface area contributed by atoms with Gasteiger partial charge < -0.3 is 4.89 Å². The third-order valence-electron chi connectivity index (χ3n) is 2.83. The molecule has 0 saturated heterocycles. The van der Waals surface area contributed by atoms with E-state index in [1.807, 2.05) is 32.9 Å². The molecule has 0 N–H and O–H groups in total. The molecule has 0 fully saturated rings. The molecule has 0 saturated carbocycles. The van der Waals surface area contributed by atoms with Crippen molar-refractivity contribution in [3.05, 3.63) is 29.3 Å². The predicted octanol–water partition coefficient (Wildman–Crippen LogP) is 0.682. The van der Waals surface area contributed by atoms with Gasteiger partial charge in [0.05, 0.1) is 0 Å². The van der Waals surface area contributed by atoms with E-state index in [0.29, 0.717) is 5.75 Å². The Morgan fingerprint density at radius 2 is 1.58 bits per heavy atom. The Balaban J connectivity index is 0.00000324. The van der Waals surface area contributed by atoms with Crippen LogP contribution in [0.3, 0.4) is 0 Å². The van der Waals surface area contributed by atoms with E-state index in [2.05, 4.69) is 20.8 Å². The fraction of sp³-hybridized carbons (Fsp3) is 0.571.